The molecular weight excluding hydrogens is 340 g/mol. The van der Waals surface area contributed by atoms with E-state index < -0.39 is 12.0 Å². The van der Waals surface area contributed by atoms with Crippen molar-refractivity contribution in [2.75, 3.05) is 13.7 Å². The zero-order valence-corrected chi connectivity index (χ0v) is 15.0. The van der Waals surface area contributed by atoms with E-state index in [1.165, 1.54) is 28.9 Å². The first kappa shape index (κ1) is 17.6. The van der Waals surface area contributed by atoms with Crippen LogP contribution in [0, 0.1) is 6.92 Å². The zero-order chi connectivity index (χ0) is 18.0. The maximum absolute atomic E-state index is 12.7. The second-order valence-electron chi connectivity index (χ2n) is 6.19. The van der Waals surface area contributed by atoms with Crippen LogP contribution < -0.4 is 0 Å². The number of rotatable bonds is 5. The Bertz CT molecular complexity index is 772. The lowest BCUT2D eigenvalue weighted by Gasteiger charge is -2.19. The Balaban J connectivity index is 1.73. The van der Waals surface area contributed by atoms with Gasteiger partial charge in [0.2, 0.25) is 0 Å². The number of carboxylic acid groups (broad SMARTS) is 1. The summed E-state index contributed by atoms with van der Waals surface area (Å²) in [4.78, 5) is 29.9. The van der Waals surface area contributed by atoms with Gasteiger partial charge in [0.05, 0.1) is 11.1 Å². The minimum absolute atomic E-state index is 0.254. The molecule has 2 atom stereocenters. The predicted octanol–water partition coefficient (Wildman–Crippen LogP) is 2.36. The van der Waals surface area contributed by atoms with E-state index in [1.807, 2.05) is 31.2 Å². The lowest BCUT2D eigenvalue weighted by Crippen LogP contribution is -2.40. The third-order valence-electron chi connectivity index (χ3n) is 4.39. The lowest BCUT2D eigenvalue weighted by molar-refractivity contribution is -0.141. The Morgan fingerprint density at radius 3 is 2.72 bits per heavy atom. The van der Waals surface area contributed by atoms with Gasteiger partial charge in [-0.15, -0.1) is 11.3 Å². The molecule has 1 aliphatic rings. The molecule has 0 radical (unpaired) electrons. The molecule has 3 rings (SSSR count). The molecule has 2 aromatic rings. The quantitative estimate of drug-likeness (QED) is 0.885. The number of aromatic nitrogens is 1. The van der Waals surface area contributed by atoms with E-state index in [0.29, 0.717) is 18.5 Å². The van der Waals surface area contributed by atoms with Crippen LogP contribution in [0.3, 0.4) is 0 Å². The normalized spacial score (nSPS) is 20.0. The van der Waals surface area contributed by atoms with Crippen LogP contribution in [0.15, 0.2) is 29.6 Å². The fraction of sp³-hybridized carbons (Fsp3) is 0.389. The second kappa shape index (κ2) is 7.33. The number of carbonyl (C=O) groups is 2. The van der Waals surface area contributed by atoms with Crippen molar-refractivity contribution in [2.24, 2.45) is 0 Å². The molecule has 2 heterocycles. The first-order chi connectivity index (χ1) is 12.0. The molecule has 6 nitrogen and oxygen atoms in total. The minimum Gasteiger partial charge on any atom is -0.480 e. The summed E-state index contributed by atoms with van der Waals surface area (Å²) in [6.45, 7) is 2.31. The van der Waals surface area contributed by atoms with Gasteiger partial charge in [-0.2, -0.15) is 0 Å². The number of thiazole rings is 1. The van der Waals surface area contributed by atoms with Crippen molar-refractivity contribution >= 4 is 23.2 Å². The summed E-state index contributed by atoms with van der Waals surface area (Å²) in [6.07, 6.45) is 0.704. The summed E-state index contributed by atoms with van der Waals surface area (Å²) in [5.74, 6) is -1.36. The van der Waals surface area contributed by atoms with Crippen molar-refractivity contribution in [3.8, 4) is 0 Å². The van der Waals surface area contributed by atoms with Crippen LogP contribution in [-0.4, -0.2) is 52.7 Å². The first-order valence-corrected chi connectivity index (χ1v) is 8.92. The highest BCUT2D eigenvalue weighted by Crippen LogP contribution is 2.24. The average Bonchev–Trinajstić information content (AvgIpc) is 3.23. The van der Waals surface area contributed by atoms with E-state index in [0.717, 1.165) is 10.6 Å². The third-order valence-corrected chi connectivity index (χ3v) is 5.24. The van der Waals surface area contributed by atoms with Crippen LogP contribution in [0.1, 0.15) is 33.0 Å². The smallest absolute Gasteiger partial charge is 0.326 e. The highest BCUT2D eigenvalue weighted by molar-refractivity contribution is 7.09. The van der Waals surface area contributed by atoms with Crippen LogP contribution in [0.5, 0.6) is 0 Å². The SMILES string of the molecule is COC1CC(C(=O)O)N(C(=O)c2csc(Cc3ccc(C)cc3)n2)C1. The van der Waals surface area contributed by atoms with Gasteiger partial charge in [0.25, 0.3) is 5.91 Å². The number of amides is 1. The Kier molecular flexibility index (Phi) is 5.15. The maximum atomic E-state index is 12.7. The molecule has 1 aromatic heterocycles. The number of benzene rings is 1. The molecular formula is C18H20N2O4S. The fourth-order valence-electron chi connectivity index (χ4n) is 2.94. The Morgan fingerprint density at radius 2 is 2.08 bits per heavy atom. The molecule has 1 N–H and O–H groups in total. The molecule has 1 aromatic carbocycles. The van der Waals surface area contributed by atoms with Gasteiger partial charge < -0.3 is 14.7 Å². The van der Waals surface area contributed by atoms with Gasteiger partial charge in [-0.3, -0.25) is 4.79 Å². The van der Waals surface area contributed by atoms with Crippen LogP contribution >= 0.6 is 11.3 Å². The van der Waals surface area contributed by atoms with Gasteiger partial charge in [0.1, 0.15) is 11.7 Å². The Morgan fingerprint density at radius 1 is 1.36 bits per heavy atom. The number of hydrogen-bond acceptors (Lipinski definition) is 5. The fourth-order valence-corrected chi connectivity index (χ4v) is 3.75. The summed E-state index contributed by atoms with van der Waals surface area (Å²) >= 11 is 1.41. The molecule has 0 saturated carbocycles. The minimum atomic E-state index is -1.01. The van der Waals surface area contributed by atoms with Crippen LogP contribution in [0.2, 0.25) is 0 Å². The second-order valence-corrected chi connectivity index (χ2v) is 7.14. The highest BCUT2D eigenvalue weighted by atomic mass is 32.1. The number of ether oxygens (including phenoxy) is 1. The number of carbonyl (C=O) groups excluding carboxylic acids is 1. The zero-order valence-electron chi connectivity index (χ0n) is 14.1. The highest BCUT2D eigenvalue weighted by Gasteiger charge is 2.40. The van der Waals surface area contributed by atoms with Crippen LogP contribution in [0.25, 0.3) is 0 Å². The van der Waals surface area contributed by atoms with E-state index in [2.05, 4.69) is 4.98 Å². The average molecular weight is 360 g/mol. The van der Waals surface area contributed by atoms with Gasteiger partial charge in [0, 0.05) is 31.9 Å². The van der Waals surface area contributed by atoms with Gasteiger partial charge in [-0.05, 0) is 12.5 Å². The van der Waals surface area contributed by atoms with E-state index in [4.69, 9.17) is 4.74 Å². The van der Waals surface area contributed by atoms with Crippen molar-refractivity contribution in [2.45, 2.75) is 31.9 Å². The number of likely N-dealkylation sites (tertiary alicyclic amines) is 1. The van der Waals surface area contributed by atoms with E-state index >= 15 is 0 Å². The number of aryl methyl sites for hydroxylation is 1. The molecule has 2 unspecified atom stereocenters. The Hall–Kier alpha value is -2.25. The number of nitrogens with zero attached hydrogens (tertiary/aromatic N) is 2. The number of carboxylic acids is 1. The molecule has 1 fully saturated rings. The summed E-state index contributed by atoms with van der Waals surface area (Å²) in [5, 5.41) is 11.9. The van der Waals surface area contributed by atoms with E-state index in [-0.39, 0.29) is 18.6 Å². The summed E-state index contributed by atoms with van der Waals surface area (Å²) in [7, 11) is 1.53. The largest absolute Gasteiger partial charge is 0.480 e. The predicted molar refractivity (Wildman–Crippen MR) is 94.0 cm³/mol. The standard InChI is InChI=1S/C18H20N2O4S/c1-11-3-5-12(6-4-11)7-16-19-14(10-25-16)17(21)20-9-13(24-2)8-15(20)18(22)23/h3-6,10,13,15H,7-9H2,1-2H3,(H,22,23). The topological polar surface area (TPSA) is 79.7 Å². The molecule has 132 valence electrons. The monoisotopic (exact) mass is 360 g/mol. The molecule has 0 bridgehead atoms. The van der Waals surface area contributed by atoms with Gasteiger partial charge in [-0.1, -0.05) is 29.8 Å². The van der Waals surface area contributed by atoms with E-state index in [9.17, 15) is 14.7 Å². The molecule has 1 aliphatic heterocycles. The number of hydrogen-bond donors (Lipinski definition) is 1. The number of methoxy groups -OCH3 is 1. The van der Waals surface area contributed by atoms with Gasteiger partial charge in [0.15, 0.2) is 0 Å². The summed E-state index contributed by atoms with van der Waals surface area (Å²) in [6, 6.07) is 7.31. The molecule has 7 heteroatoms. The van der Waals surface area contributed by atoms with Crippen molar-refractivity contribution in [1.82, 2.24) is 9.88 Å². The number of aliphatic carboxylic acids is 1. The first-order valence-electron chi connectivity index (χ1n) is 8.04. The maximum Gasteiger partial charge on any atom is 0.326 e. The van der Waals surface area contributed by atoms with Crippen molar-refractivity contribution in [3.05, 3.63) is 51.5 Å². The van der Waals surface area contributed by atoms with Crippen molar-refractivity contribution < 1.29 is 19.4 Å². The molecule has 25 heavy (non-hydrogen) atoms. The third kappa shape index (κ3) is 3.88. The van der Waals surface area contributed by atoms with Gasteiger partial charge in [-0.25, -0.2) is 9.78 Å². The molecule has 1 amide bonds. The van der Waals surface area contributed by atoms with E-state index in [1.54, 1.807) is 5.38 Å². The molecule has 0 spiro atoms. The van der Waals surface area contributed by atoms with Crippen molar-refractivity contribution in [1.29, 1.82) is 0 Å². The molecule has 1 saturated heterocycles. The summed E-state index contributed by atoms with van der Waals surface area (Å²) < 4.78 is 5.23. The van der Waals surface area contributed by atoms with Crippen LogP contribution in [0.4, 0.5) is 0 Å². The van der Waals surface area contributed by atoms with Gasteiger partial charge >= 0.3 is 5.97 Å². The van der Waals surface area contributed by atoms with Crippen molar-refractivity contribution in [3.63, 3.8) is 0 Å². The molecule has 0 aliphatic carbocycles. The lowest BCUT2D eigenvalue weighted by atomic mass is 10.1. The van der Waals surface area contributed by atoms with Crippen LogP contribution in [-0.2, 0) is 16.0 Å². The summed E-state index contributed by atoms with van der Waals surface area (Å²) in [5.41, 5.74) is 2.62. The Labute approximate surface area is 150 Å².